The molecule has 66 heavy (non-hydrogen) atoms. The average molecular weight is 909 g/mol. The van der Waals surface area contributed by atoms with E-state index in [0.717, 1.165) is 128 Å². The summed E-state index contributed by atoms with van der Waals surface area (Å²) in [5.74, 6) is -0.629. The lowest BCUT2D eigenvalue weighted by atomic mass is 10.1. The number of carbonyl (C=O) groups is 2. The van der Waals surface area contributed by atoms with Gasteiger partial charge < -0.3 is 14.6 Å². The molecule has 0 amide bonds. The highest BCUT2D eigenvalue weighted by Gasteiger charge is 2.16. The lowest BCUT2D eigenvalue weighted by molar-refractivity contribution is -0.161. The fourth-order valence-electron chi connectivity index (χ4n) is 6.74. The highest BCUT2D eigenvalue weighted by atomic mass is 16.6. The van der Waals surface area contributed by atoms with Crippen molar-refractivity contribution in [2.75, 3.05) is 13.2 Å². The van der Waals surface area contributed by atoms with Crippen LogP contribution in [0.1, 0.15) is 206 Å². The monoisotopic (exact) mass is 909 g/mol. The van der Waals surface area contributed by atoms with Crippen molar-refractivity contribution in [1.29, 1.82) is 0 Å². The van der Waals surface area contributed by atoms with Crippen molar-refractivity contribution in [3.05, 3.63) is 146 Å². The Morgan fingerprint density at radius 2 is 0.606 bits per heavy atom. The van der Waals surface area contributed by atoms with Gasteiger partial charge in [-0.05, 0) is 116 Å². The van der Waals surface area contributed by atoms with Crippen LogP contribution in [0.5, 0.6) is 0 Å². The predicted molar refractivity (Wildman–Crippen MR) is 287 cm³/mol. The number of rotatable bonds is 46. The molecule has 0 aromatic carbocycles. The highest BCUT2D eigenvalue weighted by molar-refractivity contribution is 5.70. The summed E-state index contributed by atoms with van der Waals surface area (Å²) in [5.41, 5.74) is 0. The first kappa shape index (κ1) is 61.8. The number of unbranched alkanes of at least 4 members (excludes halogenated alkanes) is 14. The Labute approximate surface area is 406 Å². The van der Waals surface area contributed by atoms with Crippen LogP contribution in [0.25, 0.3) is 0 Å². The molecule has 1 atom stereocenters. The van der Waals surface area contributed by atoms with Gasteiger partial charge in [-0.1, -0.05) is 224 Å². The summed E-state index contributed by atoms with van der Waals surface area (Å²) in [5, 5.41) is 9.64. The van der Waals surface area contributed by atoms with Crippen LogP contribution in [0.2, 0.25) is 0 Å². The first-order valence-corrected chi connectivity index (χ1v) is 26.4. The number of esters is 2. The van der Waals surface area contributed by atoms with Gasteiger partial charge in [-0.3, -0.25) is 9.59 Å². The summed E-state index contributed by atoms with van der Waals surface area (Å²) in [6.07, 6.45) is 83.6. The van der Waals surface area contributed by atoms with E-state index in [2.05, 4.69) is 160 Å². The maximum atomic E-state index is 12.3. The largest absolute Gasteiger partial charge is 0.462 e. The SMILES string of the molecule is CC/C=C\C/C=C\C/C=C\C/C=C\C/C=C\C/C=C\CCCCCCCCCCC(=O)OC(CO)COC(=O)CCCCCCCC/C=C\C/C=C\C/C=C\C/C=C\C/C=C\C/C=C\CC. The van der Waals surface area contributed by atoms with E-state index in [0.29, 0.717) is 12.8 Å². The van der Waals surface area contributed by atoms with Crippen LogP contribution in [0, 0.1) is 0 Å². The summed E-state index contributed by atoms with van der Waals surface area (Å²) in [7, 11) is 0. The standard InChI is InChI=1S/C61H96O5/c1-3-5-7-9-11-13-15-17-19-21-23-25-27-29-30-32-34-36-38-40-42-44-46-48-50-52-54-56-61(64)66-59(57-62)58-65-60(63)55-53-51-49-47-45-43-41-39-37-35-33-31-28-26-24-22-20-18-16-14-12-10-8-6-4-2/h5-8,11-14,17-20,23-26,29-31,33-34,36-37,39,59,62H,3-4,9-10,15-16,21-22,27-28,32,35,38,40-58H2,1-2H3/b7-5-,8-6-,13-11-,14-12-,19-17-,20-18-,25-23-,26-24-,30-29-,33-31-,36-34-,39-37-. The zero-order chi connectivity index (χ0) is 47.7. The van der Waals surface area contributed by atoms with Gasteiger partial charge in [0.2, 0.25) is 0 Å². The first-order valence-electron chi connectivity index (χ1n) is 26.4. The molecule has 1 unspecified atom stereocenters. The van der Waals surface area contributed by atoms with Crippen LogP contribution in [0.3, 0.4) is 0 Å². The van der Waals surface area contributed by atoms with Crippen LogP contribution < -0.4 is 0 Å². The summed E-state index contributed by atoms with van der Waals surface area (Å²) < 4.78 is 10.7. The molecule has 0 aliphatic heterocycles. The quantitative estimate of drug-likeness (QED) is 0.0374. The van der Waals surface area contributed by atoms with Gasteiger partial charge in [0, 0.05) is 12.8 Å². The second-order valence-corrected chi connectivity index (χ2v) is 16.8. The van der Waals surface area contributed by atoms with Gasteiger partial charge in [0.25, 0.3) is 0 Å². The molecule has 0 fully saturated rings. The molecular weight excluding hydrogens is 813 g/mol. The molecule has 0 radical (unpaired) electrons. The van der Waals surface area contributed by atoms with Gasteiger partial charge >= 0.3 is 11.9 Å². The van der Waals surface area contributed by atoms with E-state index in [9.17, 15) is 14.7 Å². The van der Waals surface area contributed by atoms with Crippen molar-refractivity contribution in [3.63, 3.8) is 0 Å². The molecule has 0 rings (SSSR count). The Balaban J connectivity index is 3.63. The van der Waals surface area contributed by atoms with Crippen molar-refractivity contribution in [1.82, 2.24) is 0 Å². The van der Waals surface area contributed by atoms with Crippen molar-refractivity contribution in [3.8, 4) is 0 Å². The van der Waals surface area contributed by atoms with Gasteiger partial charge in [0.05, 0.1) is 6.61 Å². The molecule has 5 heteroatoms. The molecule has 5 nitrogen and oxygen atoms in total. The smallest absolute Gasteiger partial charge is 0.306 e. The zero-order valence-corrected chi connectivity index (χ0v) is 42.1. The third-order valence-electron chi connectivity index (χ3n) is 10.6. The average Bonchev–Trinajstić information content (AvgIpc) is 3.32. The molecule has 0 spiro atoms. The number of aliphatic hydroxyl groups is 1. The molecule has 0 heterocycles. The second-order valence-electron chi connectivity index (χ2n) is 16.8. The van der Waals surface area contributed by atoms with Gasteiger partial charge in [0.15, 0.2) is 6.10 Å². The van der Waals surface area contributed by atoms with Gasteiger partial charge in [-0.25, -0.2) is 0 Å². The Hall–Kier alpha value is -4.22. The van der Waals surface area contributed by atoms with Gasteiger partial charge in [-0.2, -0.15) is 0 Å². The molecule has 1 N–H and O–H groups in total. The highest BCUT2D eigenvalue weighted by Crippen LogP contribution is 2.13. The third-order valence-corrected chi connectivity index (χ3v) is 10.6. The Morgan fingerprint density at radius 3 is 0.909 bits per heavy atom. The van der Waals surface area contributed by atoms with E-state index in [-0.39, 0.29) is 25.2 Å². The molecule has 0 aliphatic carbocycles. The second kappa shape index (κ2) is 55.1. The van der Waals surface area contributed by atoms with E-state index in [1.807, 2.05) is 0 Å². The molecular formula is C61H96O5. The lowest BCUT2D eigenvalue weighted by Gasteiger charge is -2.15. The van der Waals surface area contributed by atoms with Crippen LogP contribution in [-0.2, 0) is 19.1 Å². The molecule has 0 aliphatic rings. The molecule has 0 aromatic heterocycles. The van der Waals surface area contributed by atoms with Gasteiger partial charge in [0.1, 0.15) is 6.61 Å². The van der Waals surface area contributed by atoms with Gasteiger partial charge in [-0.15, -0.1) is 0 Å². The summed E-state index contributed by atoms with van der Waals surface area (Å²) >= 11 is 0. The molecule has 0 saturated carbocycles. The molecule has 0 bridgehead atoms. The van der Waals surface area contributed by atoms with E-state index in [1.54, 1.807) is 0 Å². The lowest BCUT2D eigenvalue weighted by Crippen LogP contribution is -2.28. The maximum absolute atomic E-state index is 12.3. The van der Waals surface area contributed by atoms with E-state index < -0.39 is 6.10 Å². The normalized spacial score (nSPS) is 13.4. The predicted octanol–water partition coefficient (Wildman–Crippen LogP) is 17.9. The van der Waals surface area contributed by atoms with Crippen LogP contribution in [0.4, 0.5) is 0 Å². The summed E-state index contributed by atoms with van der Waals surface area (Å²) in [6.45, 7) is 3.88. The Morgan fingerprint density at radius 1 is 0.348 bits per heavy atom. The van der Waals surface area contributed by atoms with Crippen LogP contribution in [-0.4, -0.2) is 36.4 Å². The van der Waals surface area contributed by atoms with Crippen molar-refractivity contribution in [2.24, 2.45) is 0 Å². The van der Waals surface area contributed by atoms with Crippen molar-refractivity contribution in [2.45, 2.75) is 213 Å². The topological polar surface area (TPSA) is 72.8 Å². The van der Waals surface area contributed by atoms with Crippen LogP contribution >= 0.6 is 0 Å². The number of allylic oxidation sites excluding steroid dienone is 24. The number of aliphatic hydroxyl groups excluding tert-OH is 1. The van der Waals surface area contributed by atoms with Crippen molar-refractivity contribution >= 4 is 11.9 Å². The number of carbonyl (C=O) groups excluding carboxylic acids is 2. The minimum atomic E-state index is -0.796. The number of ether oxygens (including phenoxy) is 2. The van der Waals surface area contributed by atoms with E-state index in [4.69, 9.17) is 9.47 Å². The van der Waals surface area contributed by atoms with E-state index in [1.165, 1.54) is 51.4 Å². The van der Waals surface area contributed by atoms with E-state index >= 15 is 0 Å². The minimum absolute atomic E-state index is 0.0875. The maximum Gasteiger partial charge on any atom is 0.306 e. The molecule has 0 aromatic rings. The Bertz CT molecular complexity index is 1450. The first-order chi connectivity index (χ1) is 32.6. The fraction of sp³-hybridized carbons (Fsp3) is 0.574. The molecule has 0 saturated heterocycles. The zero-order valence-electron chi connectivity index (χ0n) is 42.1. The third kappa shape index (κ3) is 52.4. The Kier molecular flexibility index (Phi) is 51.6. The minimum Gasteiger partial charge on any atom is -0.462 e. The summed E-state index contributed by atoms with van der Waals surface area (Å²) in [4.78, 5) is 24.5. The summed E-state index contributed by atoms with van der Waals surface area (Å²) in [6, 6.07) is 0. The number of hydrogen-bond acceptors (Lipinski definition) is 5. The van der Waals surface area contributed by atoms with Crippen molar-refractivity contribution < 1.29 is 24.2 Å². The number of hydrogen-bond donors (Lipinski definition) is 1. The van der Waals surface area contributed by atoms with Crippen LogP contribution in [0.15, 0.2) is 146 Å². The fourth-order valence-corrected chi connectivity index (χ4v) is 6.74. The molecule has 370 valence electrons.